The third kappa shape index (κ3) is 4.61. The molecule has 168 valence electrons. The van der Waals surface area contributed by atoms with Crippen LogP contribution in [0.15, 0.2) is 41.3 Å². The van der Waals surface area contributed by atoms with Crippen molar-refractivity contribution in [1.82, 2.24) is 19.9 Å². The highest BCUT2D eigenvalue weighted by atomic mass is 79.9. The zero-order valence-electron chi connectivity index (χ0n) is 17.9. The van der Waals surface area contributed by atoms with Crippen molar-refractivity contribution >= 4 is 50.3 Å². The van der Waals surface area contributed by atoms with E-state index in [9.17, 15) is 14.7 Å². The quantitative estimate of drug-likeness (QED) is 0.475. The Hall–Kier alpha value is -2.98. The van der Waals surface area contributed by atoms with E-state index in [-0.39, 0.29) is 11.8 Å². The number of hydrogen-bond acceptors (Lipinski definition) is 6. The number of nitrogens with zero attached hydrogens (tertiary/aromatic N) is 4. The number of carboxylic acid groups (broad SMARTS) is 1. The van der Waals surface area contributed by atoms with Gasteiger partial charge in [-0.1, -0.05) is 13.8 Å². The molecule has 4 rings (SSSR count). The Bertz CT molecular complexity index is 1120. The summed E-state index contributed by atoms with van der Waals surface area (Å²) in [4.78, 5) is 40.3. The van der Waals surface area contributed by atoms with E-state index in [4.69, 9.17) is 0 Å². The number of carbonyl (C=O) groups excluding carboxylic acids is 1. The van der Waals surface area contributed by atoms with Crippen LogP contribution in [0.5, 0.6) is 0 Å². The summed E-state index contributed by atoms with van der Waals surface area (Å²) in [6, 6.07) is 4.71. The molecule has 32 heavy (non-hydrogen) atoms. The monoisotopic (exact) mass is 500 g/mol. The summed E-state index contributed by atoms with van der Waals surface area (Å²) in [5, 5.41) is 13.8. The Morgan fingerprint density at radius 1 is 1.16 bits per heavy atom. The van der Waals surface area contributed by atoms with Gasteiger partial charge >= 0.3 is 5.97 Å². The lowest BCUT2D eigenvalue weighted by atomic mass is 10.0. The van der Waals surface area contributed by atoms with Crippen LogP contribution in [0.2, 0.25) is 0 Å². The molecule has 1 aliphatic heterocycles. The number of piperazine rings is 1. The van der Waals surface area contributed by atoms with E-state index in [1.807, 2.05) is 36.9 Å². The number of carbonyl (C=O) groups is 2. The predicted octanol–water partition coefficient (Wildman–Crippen LogP) is 3.26. The zero-order valence-corrected chi connectivity index (χ0v) is 19.5. The number of fused-ring (bicyclic) bond motifs is 1. The van der Waals surface area contributed by atoms with Crippen molar-refractivity contribution in [2.75, 3.05) is 36.4 Å². The maximum atomic E-state index is 12.3. The van der Waals surface area contributed by atoms with Gasteiger partial charge in [-0.05, 0) is 34.1 Å². The molecule has 1 atom stereocenters. The average Bonchev–Trinajstić information content (AvgIpc) is 3.17. The molecule has 1 amide bonds. The van der Waals surface area contributed by atoms with E-state index >= 15 is 0 Å². The number of aromatic nitrogens is 3. The predicted molar refractivity (Wildman–Crippen MR) is 126 cm³/mol. The van der Waals surface area contributed by atoms with Crippen molar-refractivity contribution in [3.05, 3.63) is 46.8 Å². The molecule has 3 N–H and O–H groups in total. The van der Waals surface area contributed by atoms with Gasteiger partial charge in [-0.25, -0.2) is 9.97 Å². The largest absolute Gasteiger partial charge is 0.480 e. The van der Waals surface area contributed by atoms with Gasteiger partial charge in [-0.2, -0.15) is 0 Å². The number of H-pyrrole nitrogens is 1. The molecule has 1 saturated heterocycles. The van der Waals surface area contributed by atoms with Gasteiger partial charge in [0, 0.05) is 72.8 Å². The number of anilines is 2. The first-order valence-electron chi connectivity index (χ1n) is 10.4. The van der Waals surface area contributed by atoms with Crippen LogP contribution in [0.25, 0.3) is 10.9 Å². The lowest BCUT2D eigenvalue weighted by Crippen LogP contribution is -2.49. The molecular formula is C22H25BrN6O3. The zero-order chi connectivity index (χ0) is 22.8. The molecule has 1 aliphatic rings. The third-order valence-electron chi connectivity index (χ3n) is 5.60. The summed E-state index contributed by atoms with van der Waals surface area (Å²) in [7, 11) is 0. The standard InChI is InChI=1S/C22H25BrN6O3/c1-13(2)20(30)27-15-3-4-18-16(9-15)17(12-24-18)19(21(31)32)28-5-7-29(8-6-28)22-25-10-14(23)11-26-22/h3-4,9-13,19,24H,5-8H2,1-2H3,(H,27,30)(H,31,32)/t19-/m0/s1. The van der Waals surface area contributed by atoms with Crippen LogP contribution in [0, 0.1) is 5.92 Å². The van der Waals surface area contributed by atoms with Crippen molar-refractivity contribution in [1.29, 1.82) is 0 Å². The molecule has 0 radical (unpaired) electrons. The van der Waals surface area contributed by atoms with Crippen LogP contribution in [-0.4, -0.2) is 63.0 Å². The summed E-state index contributed by atoms with van der Waals surface area (Å²) in [5.41, 5.74) is 2.16. The Labute approximate surface area is 194 Å². The number of nitrogens with one attached hydrogen (secondary N) is 2. The maximum Gasteiger partial charge on any atom is 0.325 e. The molecule has 0 bridgehead atoms. The highest BCUT2D eigenvalue weighted by Gasteiger charge is 2.32. The van der Waals surface area contributed by atoms with Crippen LogP contribution in [0.4, 0.5) is 11.6 Å². The second-order valence-electron chi connectivity index (χ2n) is 8.11. The lowest BCUT2D eigenvalue weighted by molar-refractivity contribution is -0.143. The molecule has 3 aromatic rings. The van der Waals surface area contributed by atoms with E-state index in [1.54, 1.807) is 18.6 Å². The van der Waals surface area contributed by atoms with Crippen molar-refractivity contribution in [2.24, 2.45) is 5.92 Å². The highest BCUT2D eigenvalue weighted by Crippen LogP contribution is 2.31. The number of amides is 1. The number of carboxylic acids is 1. The van der Waals surface area contributed by atoms with Gasteiger partial charge in [0.15, 0.2) is 0 Å². The van der Waals surface area contributed by atoms with Crippen LogP contribution >= 0.6 is 15.9 Å². The Kier molecular flexibility index (Phi) is 6.43. The van der Waals surface area contributed by atoms with E-state index in [0.717, 1.165) is 15.4 Å². The summed E-state index contributed by atoms with van der Waals surface area (Å²) in [6.07, 6.45) is 5.16. The van der Waals surface area contributed by atoms with Crippen molar-refractivity contribution in [3.63, 3.8) is 0 Å². The smallest absolute Gasteiger partial charge is 0.325 e. The number of hydrogen-bond donors (Lipinski definition) is 3. The fraction of sp³-hybridized carbons (Fsp3) is 0.364. The van der Waals surface area contributed by atoms with Crippen LogP contribution in [-0.2, 0) is 9.59 Å². The van der Waals surface area contributed by atoms with Crippen molar-refractivity contribution in [2.45, 2.75) is 19.9 Å². The SMILES string of the molecule is CC(C)C(=O)Nc1ccc2[nH]cc([C@@H](C(=O)O)N3CCN(c4ncc(Br)cn4)CC3)c2c1. The maximum absolute atomic E-state index is 12.3. The Morgan fingerprint density at radius 2 is 1.84 bits per heavy atom. The minimum atomic E-state index is -0.907. The molecule has 0 saturated carbocycles. The summed E-state index contributed by atoms with van der Waals surface area (Å²) in [6.45, 7) is 6.04. The highest BCUT2D eigenvalue weighted by molar-refractivity contribution is 9.10. The molecule has 1 aromatic carbocycles. The third-order valence-corrected chi connectivity index (χ3v) is 6.01. The number of aliphatic carboxylic acids is 1. The fourth-order valence-electron chi connectivity index (χ4n) is 3.87. The van der Waals surface area contributed by atoms with Crippen LogP contribution in [0.1, 0.15) is 25.5 Å². The first-order chi connectivity index (χ1) is 15.3. The number of aromatic amines is 1. The van der Waals surface area contributed by atoms with Gasteiger partial charge < -0.3 is 20.3 Å². The lowest BCUT2D eigenvalue weighted by Gasteiger charge is -2.37. The van der Waals surface area contributed by atoms with Gasteiger partial charge in [0.25, 0.3) is 0 Å². The summed E-state index contributed by atoms with van der Waals surface area (Å²) in [5.74, 6) is -0.495. The normalized spacial score (nSPS) is 15.8. The Balaban J connectivity index is 1.56. The topological polar surface area (TPSA) is 114 Å². The molecule has 0 unspecified atom stereocenters. The van der Waals surface area contributed by atoms with E-state index in [0.29, 0.717) is 43.4 Å². The van der Waals surface area contributed by atoms with Gasteiger partial charge in [0.1, 0.15) is 6.04 Å². The van der Waals surface area contributed by atoms with Gasteiger partial charge in [-0.3, -0.25) is 14.5 Å². The van der Waals surface area contributed by atoms with Crippen LogP contribution in [0.3, 0.4) is 0 Å². The first-order valence-corrected chi connectivity index (χ1v) is 11.2. The Morgan fingerprint density at radius 3 is 2.47 bits per heavy atom. The number of benzene rings is 1. The molecular weight excluding hydrogens is 476 g/mol. The van der Waals surface area contributed by atoms with Gasteiger partial charge in [0.2, 0.25) is 11.9 Å². The first kappa shape index (κ1) is 22.2. The molecule has 10 heteroatoms. The summed E-state index contributed by atoms with van der Waals surface area (Å²) < 4.78 is 0.814. The van der Waals surface area contributed by atoms with Crippen molar-refractivity contribution in [3.8, 4) is 0 Å². The van der Waals surface area contributed by atoms with Crippen LogP contribution < -0.4 is 10.2 Å². The minimum Gasteiger partial charge on any atom is -0.480 e. The van der Waals surface area contributed by atoms with Crippen molar-refractivity contribution < 1.29 is 14.7 Å². The molecule has 1 fully saturated rings. The van der Waals surface area contributed by atoms with Gasteiger partial charge in [0.05, 0.1) is 4.47 Å². The van der Waals surface area contributed by atoms with Gasteiger partial charge in [-0.15, -0.1) is 0 Å². The van der Waals surface area contributed by atoms with E-state index in [2.05, 4.69) is 41.1 Å². The summed E-state index contributed by atoms with van der Waals surface area (Å²) >= 11 is 3.34. The molecule has 0 spiro atoms. The number of rotatable bonds is 6. The molecule has 9 nitrogen and oxygen atoms in total. The fourth-order valence-corrected chi connectivity index (χ4v) is 4.07. The average molecular weight is 501 g/mol. The van der Waals surface area contributed by atoms with E-state index in [1.165, 1.54) is 0 Å². The second kappa shape index (κ2) is 9.25. The minimum absolute atomic E-state index is 0.0810. The molecule has 0 aliphatic carbocycles. The second-order valence-corrected chi connectivity index (χ2v) is 9.03. The molecule has 2 aromatic heterocycles. The van der Waals surface area contributed by atoms with E-state index < -0.39 is 12.0 Å². The molecule has 3 heterocycles. The number of halogens is 1.